The zero-order valence-electron chi connectivity index (χ0n) is 8.99. The SMILES string of the molecule is Brc1cc(Br)c2c(c1)CC(c1ccccc1)O2. The number of ether oxygens (including phenoxy) is 1. The van der Waals surface area contributed by atoms with Crippen molar-refractivity contribution in [3.63, 3.8) is 0 Å². The summed E-state index contributed by atoms with van der Waals surface area (Å²) in [4.78, 5) is 0. The number of rotatable bonds is 1. The molecule has 86 valence electrons. The number of halogens is 2. The van der Waals surface area contributed by atoms with Crippen LogP contribution in [0.1, 0.15) is 17.2 Å². The third kappa shape index (κ3) is 2.14. The topological polar surface area (TPSA) is 9.23 Å². The van der Waals surface area contributed by atoms with Crippen molar-refractivity contribution < 1.29 is 4.74 Å². The lowest BCUT2D eigenvalue weighted by molar-refractivity contribution is 0.237. The molecule has 3 rings (SSSR count). The molecule has 1 unspecified atom stereocenters. The zero-order valence-corrected chi connectivity index (χ0v) is 12.2. The Morgan fingerprint density at radius 2 is 1.82 bits per heavy atom. The minimum atomic E-state index is 0.136. The van der Waals surface area contributed by atoms with Gasteiger partial charge in [0.2, 0.25) is 0 Å². The lowest BCUT2D eigenvalue weighted by atomic mass is 10.0. The van der Waals surface area contributed by atoms with Gasteiger partial charge in [0.25, 0.3) is 0 Å². The molecule has 2 aromatic rings. The largest absolute Gasteiger partial charge is 0.484 e. The van der Waals surface area contributed by atoms with Gasteiger partial charge in [-0.2, -0.15) is 0 Å². The van der Waals surface area contributed by atoms with Crippen molar-refractivity contribution in [1.82, 2.24) is 0 Å². The van der Waals surface area contributed by atoms with E-state index in [0.717, 1.165) is 21.1 Å². The van der Waals surface area contributed by atoms with Gasteiger partial charge in [0, 0.05) is 16.5 Å². The average Bonchev–Trinajstić information content (AvgIpc) is 2.74. The fourth-order valence-electron chi connectivity index (χ4n) is 2.13. The van der Waals surface area contributed by atoms with Crippen LogP contribution in [0.3, 0.4) is 0 Å². The maximum atomic E-state index is 6.01. The normalized spacial score (nSPS) is 17.6. The first-order chi connectivity index (χ1) is 8.24. The van der Waals surface area contributed by atoms with Crippen LogP contribution in [0.15, 0.2) is 51.4 Å². The van der Waals surface area contributed by atoms with Crippen LogP contribution < -0.4 is 4.74 Å². The maximum absolute atomic E-state index is 6.01. The molecule has 0 saturated carbocycles. The Balaban J connectivity index is 1.96. The number of hydrogen-bond acceptors (Lipinski definition) is 1. The van der Waals surface area contributed by atoms with Crippen LogP contribution in [-0.4, -0.2) is 0 Å². The smallest absolute Gasteiger partial charge is 0.137 e. The molecule has 0 aromatic heterocycles. The highest BCUT2D eigenvalue weighted by Gasteiger charge is 2.26. The van der Waals surface area contributed by atoms with Gasteiger partial charge in [0.1, 0.15) is 11.9 Å². The van der Waals surface area contributed by atoms with E-state index in [4.69, 9.17) is 4.74 Å². The Kier molecular flexibility index (Phi) is 2.97. The van der Waals surface area contributed by atoms with Gasteiger partial charge < -0.3 is 4.74 Å². The van der Waals surface area contributed by atoms with Crippen molar-refractivity contribution in [2.75, 3.05) is 0 Å². The van der Waals surface area contributed by atoms with E-state index in [1.54, 1.807) is 0 Å². The molecule has 0 N–H and O–H groups in total. The van der Waals surface area contributed by atoms with E-state index in [1.165, 1.54) is 11.1 Å². The molecule has 3 heteroatoms. The molecule has 0 spiro atoms. The molecular weight excluding hydrogens is 344 g/mol. The summed E-state index contributed by atoms with van der Waals surface area (Å²) < 4.78 is 8.11. The van der Waals surface area contributed by atoms with Crippen LogP contribution in [0, 0.1) is 0 Å². The van der Waals surface area contributed by atoms with Crippen molar-refractivity contribution in [1.29, 1.82) is 0 Å². The minimum Gasteiger partial charge on any atom is -0.484 e. The Morgan fingerprint density at radius 3 is 2.59 bits per heavy atom. The van der Waals surface area contributed by atoms with Crippen molar-refractivity contribution in [3.05, 3.63) is 62.5 Å². The number of benzene rings is 2. The van der Waals surface area contributed by atoms with E-state index >= 15 is 0 Å². The first-order valence-electron chi connectivity index (χ1n) is 5.43. The third-order valence-electron chi connectivity index (χ3n) is 2.92. The summed E-state index contributed by atoms with van der Waals surface area (Å²) >= 11 is 7.05. The monoisotopic (exact) mass is 352 g/mol. The molecule has 0 amide bonds. The van der Waals surface area contributed by atoms with Gasteiger partial charge in [-0.05, 0) is 33.6 Å². The van der Waals surface area contributed by atoms with Gasteiger partial charge in [0.05, 0.1) is 4.47 Å². The summed E-state index contributed by atoms with van der Waals surface area (Å²) in [5.41, 5.74) is 2.48. The van der Waals surface area contributed by atoms with Gasteiger partial charge in [-0.15, -0.1) is 0 Å². The molecule has 1 aliphatic rings. The summed E-state index contributed by atoms with van der Waals surface area (Å²) in [7, 11) is 0. The van der Waals surface area contributed by atoms with E-state index in [9.17, 15) is 0 Å². The van der Waals surface area contributed by atoms with E-state index in [-0.39, 0.29) is 6.10 Å². The van der Waals surface area contributed by atoms with Crippen molar-refractivity contribution in [2.24, 2.45) is 0 Å². The Bertz CT molecular complexity index is 552. The predicted molar refractivity (Wildman–Crippen MR) is 75.4 cm³/mol. The second-order valence-corrected chi connectivity index (χ2v) is 5.87. The second-order valence-electron chi connectivity index (χ2n) is 4.10. The summed E-state index contributed by atoms with van der Waals surface area (Å²) in [5, 5.41) is 0. The molecule has 0 saturated heterocycles. The molecule has 1 nitrogen and oxygen atoms in total. The van der Waals surface area contributed by atoms with Crippen molar-refractivity contribution in [3.8, 4) is 5.75 Å². The van der Waals surface area contributed by atoms with E-state index in [2.05, 4.69) is 50.1 Å². The fraction of sp³-hybridized carbons (Fsp3) is 0.143. The average molecular weight is 354 g/mol. The Morgan fingerprint density at radius 1 is 1.06 bits per heavy atom. The minimum absolute atomic E-state index is 0.136. The van der Waals surface area contributed by atoms with Crippen LogP contribution in [0.4, 0.5) is 0 Å². The molecule has 0 bridgehead atoms. The van der Waals surface area contributed by atoms with Crippen LogP contribution in [0.25, 0.3) is 0 Å². The van der Waals surface area contributed by atoms with Crippen LogP contribution in [0.2, 0.25) is 0 Å². The Hall–Kier alpha value is -0.800. The molecule has 0 radical (unpaired) electrons. The first kappa shape index (κ1) is 11.3. The lowest BCUT2D eigenvalue weighted by Crippen LogP contribution is -2.02. The molecule has 1 aliphatic heterocycles. The van der Waals surface area contributed by atoms with Gasteiger partial charge in [-0.25, -0.2) is 0 Å². The first-order valence-corrected chi connectivity index (χ1v) is 7.02. The molecule has 2 aromatic carbocycles. The molecule has 17 heavy (non-hydrogen) atoms. The molecule has 1 atom stereocenters. The van der Waals surface area contributed by atoms with Gasteiger partial charge >= 0.3 is 0 Å². The van der Waals surface area contributed by atoms with E-state index in [1.807, 2.05) is 24.3 Å². The Labute approximate surface area is 117 Å². The standard InChI is InChI=1S/C14H10Br2O/c15-11-6-10-7-13(9-4-2-1-3-5-9)17-14(10)12(16)8-11/h1-6,8,13H,7H2. The highest BCUT2D eigenvalue weighted by molar-refractivity contribution is 9.11. The molecule has 1 heterocycles. The summed E-state index contributed by atoms with van der Waals surface area (Å²) in [5.74, 6) is 0.974. The molecule has 0 fully saturated rings. The number of fused-ring (bicyclic) bond motifs is 1. The third-order valence-corrected chi connectivity index (χ3v) is 3.97. The molecular formula is C14H10Br2O. The van der Waals surface area contributed by atoms with Crippen LogP contribution in [-0.2, 0) is 6.42 Å². The predicted octanol–water partition coefficient (Wildman–Crippen LogP) is 4.89. The maximum Gasteiger partial charge on any atom is 0.137 e. The fourth-order valence-corrected chi connectivity index (χ4v) is 3.54. The van der Waals surface area contributed by atoms with Crippen LogP contribution in [0.5, 0.6) is 5.75 Å². The van der Waals surface area contributed by atoms with Gasteiger partial charge in [-0.3, -0.25) is 0 Å². The van der Waals surface area contributed by atoms with Gasteiger partial charge in [0.15, 0.2) is 0 Å². The van der Waals surface area contributed by atoms with Crippen molar-refractivity contribution in [2.45, 2.75) is 12.5 Å². The summed E-state index contributed by atoms with van der Waals surface area (Å²) in [6, 6.07) is 14.5. The summed E-state index contributed by atoms with van der Waals surface area (Å²) in [6.07, 6.45) is 1.06. The quantitative estimate of drug-likeness (QED) is 0.709. The lowest BCUT2D eigenvalue weighted by Gasteiger charge is -2.11. The van der Waals surface area contributed by atoms with Gasteiger partial charge in [-0.1, -0.05) is 46.3 Å². The highest BCUT2D eigenvalue weighted by atomic mass is 79.9. The van der Waals surface area contributed by atoms with Crippen molar-refractivity contribution >= 4 is 31.9 Å². The van der Waals surface area contributed by atoms with E-state index < -0.39 is 0 Å². The second kappa shape index (κ2) is 4.46. The summed E-state index contributed by atoms with van der Waals surface area (Å²) in [6.45, 7) is 0. The van der Waals surface area contributed by atoms with E-state index in [0.29, 0.717) is 0 Å². The highest BCUT2D eigenvalue weighted by Crippen LogP contribution is 2.43. The van der Waals surface area contributed by atoms with Crippen LogP contribution >= 0.6 is 31.9 Å². The molecule has 0 aliphatic carbocycles. The zero-order chi connectivity index (χ0) is 11.8. The number of hydrogen-bond donors (Lipinski definition) is 0.